The average Bonchev–Trinajstić information content (AvgIpc) is 2.84. The molecule has 2 heterocycles. The Kier molecular flexibility index (Phi) is 11.9. The van der Waals surface area contributed by atoms with E-state index < -0.39 is 23.4 Å². The van der Waals surface area contributed by atoms with Gasteiger partial charge in [-0.2, -0.15) is 0 Å². The number of rotatable bonds is 4. The van der Waals surface area contributed by atoms with Crippen molar-refractivity contribution in [1.29, 1.82) is 0 Å². The Balaban J connectivity index is 0.000000235. The first-order valence-corrected chi connectivity index (χ1v) is 12.6. The largest absolute Gasteiger partial charge is 0.372 e. The highest BCUT2D eigenvalue weighted by atomic mass is 19.3. The molecular weight excluding hydrogens is 491 g/mol. The summed E-state index contributed by atoms with van der Waals surface area (Å²) in [7, 11) is 0. The molecule has 2 fully saturated rings. The minimum Gasteiger partial charge on any atom is -0.372 e. The molecule has 37 heavy (non-hydrogen) atoms. The molecule has 2 N–H and O–H groups in total. The molecule has 1 saturated carbocycles. The number of nitrogens with zero attached hydrogens (tertiary/aromatic N) is 3. The molecule has 4 rings (SSSR count). The Morgan fingerprint density at radius 1 is 1.11 bits per heavy atom. The van der Waals surface area contributed by atoms with Gasteiger partial charge < -0.3 is 5.73 Å². The molecule has 0 spiro atoms. The number of aryl methyl sites for hydroxylation is 1. The molecule has 10 heteroatoms. The first-order chi connectivity index (χ1) is 17.5. The average molecular weight is 529 g/mol. The van der Waals surface area contributed by atoms with Crippen LogP contribution in [-0.2, 0) is 11.2 Å². The number of halogens is 5. The van der Waals surface area contributed by atoms with Crippen molar-refractivity contribution < 1.29 is 26.7 Å². The molecular formula is C27H37F5N4O. The van der Waals surface area contributed by atoms with Crippen molar-refractivity contribution >= 4 is 6.41 Å². The van der Waals surface area contributed by atoms with Gasteiger partial charge in [0.2, 0.25) is 12.3 Å². The number of benzene rings is 1. The summed E-state index contributed by atoms with van der Waals surface area (Å²) in [4.78, 5) is 17.2. The number of amides is 1. The lowest BCUT2D eigenvalue weighted by molar-refractivity contribution is -0.106. The second-order valence-electron chi connectivity index (χ2n) is 9.54. The van der Waals surface area contributed by atoms with Gasteiger partial charge in [-0.05, 0) is 56.9 Å². The number of carbonyl (C=O) groups is 1. The van der Waals surface area contributed by atoms with Crippen LogP contribution < -0.4 is 5.73 Å². The van der Waals surface area contributed by atoms with E-state index >= 15 is 0 Å². The molecule has 2 aliphatic rings. The number of alkyl halides is 2. The Labute approximate surface area is 215 Å². The van der Waals surface area contributed by atoms with Gasteiger partial charge in [0, 0.05) is 68.9 Å². The number of carbonyl (C=O) groups excluding carboxylic acids is 1. The number of pyridine rings is 1. The Morgan fingerprint density at radius 2 is 1.70 bits per heavy atom. The van der Waals surface area contributed by atoms with Crippen LogP contribution in [0.3, 0.4) is 0 Å². The lowest BCUT2D eigenvalue weighted by atomic mass is 9.90. The fourth-order valence-corrected chi connectivity index (χ4v) is 4.74. The first kappa shape index (κ1) is 30.6. The van der Waals surface area contributed by atoms with E-state index in [-0.39, 0.29) is 42.1 Å². The monoisotopic (exact) mass is 528 g/mol. The first-order valence-electron chi connectivity index (χ1n) is 12.6. The van der Waals surface area contributed by atoms with Crippen molar-refractivity contribution in [2.75, 3.05) is 26.2 Å². The van der Waals surface area contributed by atoms with Crippen LogP contribution in [0.1, 0.15) is 52.1 Å². The van der Waals surface area contributed by atoms with Crippen LogP contribution in [0.15, 0.2) is 30.5 Å². The zero-order chi connectivity index (χ0) is 27.6. The summed E-state index contributed by atoms with van der Waals surface area (Å²) >= 11 is 0. The lowest BCUT2D eigenvalue weighted by Crippen LogP contribution is -2.53. The van der Waals surface area contributed by atoms with E-state index in [0.717, 1.165) is 50.8 Å². The fraction of sp³-hybridized carbons (Fsp3) is 0.556. The number of piperazine rings is 1. The fourth-order valence-electron chi connectivity index (χ4n) is 4.74. The van der Waals surface area contributed by atoms with Crippen molar-refractivity contribution in [1.82, 2.24) is 14.8 Å². The zero-order valence-electron chi connectivity index (χ0n) is 21.7. The molecule has 1 aromatic heterocycles. The molecule has 0 radical (unpaired) electrons. The van der Waals surface area contributed by atoms with Gasteiger partial charge in [-0.15, -0.1) is 0 Å². The molecule has 1 aliphatic heterocycles. The molecule has 1 aliphatic carbocycles. The quantitative estimate of drug-likeness (QED) is 0.425. The maximum Gasteiger partial charge on any atom is 0.249 e. The van der Waals surface area contributed by atoms with Crippen LogP contribution >= 0.6 is 0 Å². The standard InChI is InChI=1S/C13H10F3N.C13H24F2N2.CH3NO/c1-2-12-13(16)11(3-4-17-12)8-5-9(14)7-10(15)6-8;1-11(2)16-6-8-17(9-7-16)12-4-3-5-13(14,15)10-12;2-1-3/h3-7H,2H2,1H3;11-12H,3-10H2,1-2H3;1H,(H2,2,3). The van der Waals surface area contributed by atoms with Gasteiger partial charge in [-0.3, -0.25) is 19.6 Å². The smallest absolute Gasteiger partial charge is 0.249 e. The van der Waals surface area contributed by atoms with Crippen LogP contribution in [0.25, 0.3) is 11.1 Å². The molecule has 1 saturated heterocycles. The number of hydrogen-bond acceptors (Lipinski definition) is 4. The van der Waals surface area contributed by atoms with Crippen molar-refractivity contribution in [3.05, 3.63) is 53.6 Å². The highest BCUT2D eigenvalue weighted by Crippen LogP contribution is 2.35. The number of aromatic nitrogens is 1. The van der Waals surface area contributed by atoms with Crippen molar-refractivity contribution in [3.63, 3.8) is 0 Å². The van der Waals surface area contributed by atoms with E-state index in [1.54, 1.807) is 6.92 Å². The summed E-state index contributed by atoms with van der Waals surface area (Å²) in [6.45, 7) is 10.1. The Morgan fingerprint density at radius 3 is 2.22 bits per heavy atom. The predicted molar refractivity (Wildman–Crippen MR) is 135 cm³/mol. The molecule has 1 atom stereocenters. The van der Waals surface area contributed by atoms with E-state index in [1.807, 2.05) is 0 Å². The zero-order valence-corrected chi connectivity index (χ0v) is 21.7. The van der Waals surface area contributed by atoms with E-state index in [2.05, 4.69) is 34.4 Å². The summed E-state index contributed by atoms with van der Waals surface area (Å²) < 4.78 is 66.8. The van der Waals surface area contributed by atoms with Gasteiger partial charge >= 0.3 is 0 Å². The van der Waals surface area contributed by atoms with Gasteiger partial charge in [0.25, 0.3) is 0 Å². The number of primary amides is 1. The molecule has 1 amide bonds. The van der Waals surface area contributed by atoms with E-state index in [1.165, 1.54) is 12.3 Å². The van der Waals surface area contributed by atoms with Crippen LogP contribution in [-0.4, -0.2) is 65.4 Å². The topological polar surface area (TPSA) is 62.5 Å². The van der Waals surface area contributed by atoms with Crippen molar-refractivity contribution in [3.8, 4) is 11.1 Å². The van der Waals surface area contributed by atoms with Gasteiger partial charge in [0.05, 0.1) is 5.69 Å². The van der Waals surface area contributed by atoms with Crippen molar-refractivity contribution in [2.24, 2.45) is 5.73 Å². The van der Waals surface area contributed by atoms with E-state index in [9.17, 15) is 22.0 Å². The molecule has 1 aromatic carbocycles. The second kappa shape index (κ2) is 14.4. The molecule has 206 valence electrons. The Bertz CT molecular complexity index is 977. The maximum atomic E-state index is 13.9. The van der Waals surface area contributed by atoms with Crippen LogP contribution in [0.5, 0.6) is 0 Å². The van der Waals surface area contributed by atoms with Gasteiger partial charge in [-0.1, -0.05) is 6.92 Å². The highest BCUT2D eigenvalue weighted by molar-refractivity contribution is 5.64. The lowest BCUT2D eigenvalue weighted by Gasteiger charge is -2.43. The van der Waals surface area contributed by atoms with E-state index in [4.69, 9.17) is 4.79 Å². The SMILES string of the molecule is CC(C)N1CCN(C2CCCC(F)(F)C2)CC1.CCc1nccc(-c2cc(F)cc(F)c2)c1F.NC=O. The third-order valence-electron chi connectivity index (χ3n) is 6.68. The maximum absolute atomic E-state index is 13.9. The van der Waals surface area contributed by atoms with Crippen molar-refractivity contribution in [2.45, 2.75) is 70.9 Å². The van der Waals surface area contributed by atoms with Crippen LogP contribution in [0.2, 0.25) is 0 Å². The predicted octanol–water partition coefficient (Wildman–Crippen LogP) is 5.42. The summed E-state index contributed by atoms with van der Waals surface area (Å²) in [5, 5.41) is 0. The second-order valence-corrected chi connectivity index (χ2v) is 9.54. The van der Waals surface area contributed by atoms with Crippen LogP contribution in [0.4, 0.5) is 22.0 Å². The third-order valence-corrected chi connectivity index (χ3v) is 6.68. The Hall–Kier alpha value is -2.59. The van der Waals surface area contributed by atoms with Gasteiger partial charge in [0.15, 0.2) is 5.82 Å². The summed E-state index contributed by atoms with van der Waals surface area (Å²) in [6, 6.07) is 5.05. The number of hydrogen-bond donors (Lipinski definition) is 1. The molecule has 1 unspecified atom stereocenters. The summed E-state index contributed by atoms with van der Waals surface area (Å²) in [6.07, 6.45) is 3.92. The minimum atomic E-state index is -2.42. The normalized spacial score (nSPS) is 19.9. The minimum absolute atomic E-state index is 0.0781. The summed E-state index contributed by atoms with van der Waals surface area (Å²) in [5.74, 6) is -4.40. The molecule has 5 nitrogen and oxygen atoms in total. The molecule has 2 aromatic rings. The summed E-state index contributed by atoms with van der Waals surface area (Å²) in [5.41, 5.74) is 4.79. The van der Waals surface area contributed by atoms with Crippen LogP contribution in [0, 0.1) is 17.5 Å². The van der Waals surface area contributed by atoms with Gasteiger partial charge in [0.1, 0.15) is 11.6 Å². The highest BCUT2D eigenvalue weighted by Gasteiger charge is 2.39. The third kappa shape index (κ3) is 9.34. The van der Waals surface area contributed by atoms with E-state index in [0.29, 0.717) is 18.9 Å². The number of nitrogens with two attached hydrogens (primary N) is 1. The van der Waals surface area contributed by atoms with Gasteiger partial charge in [-0.25, -0.2) is 22.0 Å². The molecule has 0 bridgehead atoms.